The lowest BCUT2D eigenvalue weighted by molar-refractivity contribution is -0.144. The van der Waals surface area contributed by atoms with Gasteiger partial charge in [0.05, 0.1) is 0 Å². The van der Waals surface area contributed by atoms with Crippen molar-refractivity contribution in [1.29, 1.82) is 0 Å². The first-order valence-electron chi connectivity index (χ1n) is 3.73. The topological polar surface area (TPSA) is 70.1 Å². The van der Waals surface area contributed by atoms with Crippen molar-refractivity contribution >= 4 is 11.8 Å². The van der Waals surface area contributed by atoms with Gasteiger partial charge in [-0.3, -0.25) is 9.48 Å². The summed E-state index contributed by atoms with van der Waals surface area (Å²) in [4.78, 5) is 10.9. The van der Waals surface area contributed by atoms with E-state index in [1.807, 2.05) is 0 Å². The first kappa shape index (κ1) is 9.50. The molecule has 0 radical (unpaired) electrons. The number of nitrogens with zero attached hydrogens (tertiary/aromatic N) is 2. The Balaban J connectivity index is 2.36. The van der Waals surface area contributed by atoms with Crippen LogP contribution in [0.2, 0.25) is 0 Å². The van der Waals surface area contributed by atoms with Crippen molar-refractivity contribution in [3.05, 3.63) is 12.3 Å². The normalized spacial score (nSPS) is 9.92. The third kappa shape index (κ3) is 3.10. The zero-order chi connectivity index (χ0) is 9.68. The number of aromatic nitrogens is 2. The van der Waals surface area contributed by atoms with E-state index < -0.39 is 12.6 Å². The van der Waals surface area contributed by atoms with Gasteiger partial charge in [-0.25, -0.2) is 4.39 Å². The second-order valence-corrected chi connectivity index (χ2v) is 2.35. The molecule has 0 bridgehead atoms. The quantitative estimate of drug-likeness (QED) is 0.672. The number of carbonyl (C=O) groups excluding carboxylic acids is 1. The standard InChI is InChI=1S/C7H10FN3O2/c8-2-4-13-7(12)5-11-3-1-6(9)10-11/h1,3H,2,4-5H2,(H2,9,10). The molecule has 0 spiro atoms. The zero-order valence-corrected chi connectivity index (χ0v) is 6.94. The molecule has 6 heteroatoms. The molecule has 1 heterocycles. The molecule has 1 aromatic rings. The molecule has 5 nitrogen and oxygen atoms in total. The lowest BCUT2D eigenvalue weighted by Gasteiger charge is -2.01. The monoisotopic (exact) mass is 187 g/mol. The summed E-state index contributed by atoms with van der Waals surface area (Å²) in [6.45, 7) is -0.931. The predicted octanol–water partition coefficient (Wildman–Crippen LogP) is -0.0220. The summed E-state index contributed by atoms with van der Waals surface area (Å²) >= 11 is 0. The van der Waals surface area contributed by atoms with E-state index in [-0.39, 0.29) is 13.2 Å². The van der Waals surface area contributed by atoms with E-state index in [1.165, 1.54) is 4.68 Å². The van der Waals surface area contributed by atoms with Gasteiger partial charge in [-0.15, -0.1) is 0 Å². The average molecular weight is 187 g/mol. The molecule has 1 aromatic heterocycles. The summed E-state index contributed by atoms with van der Waals surface area (Å²) in [5, 5.41) is 3.76. The van der Waals surface area contributed by atoms with Gasteiger partial charge in [0.2, 0.25) is 0 Å². The Kier molecular flexibility index (Phi) is 3.24. The number of alkyl halides is 1. The Hall–Kier alpha value is -1.59. The maximum absolute atomic E-state index is 11.6. The van der Waals surface area contributed by atoms with E-state index in [4.69, 9.17) is 5.73 Å². The van der Waals surface area contributed by atoms with Crippen molar-refractivity contribution in [2.45, 2.75) is 6.54 Å². The van der Waals surface area contributed by atoms with Crippen LogP contribution in [0.4, 0.5) is 10.2 Å². The first-order chi connectivity index (χ1) is 6.22. The molecular weight excluding hydrogens is 177 g/mol. The van der Waals surface area contributed by atoms with Crippen LogP contribution < -0.4 is 5.73 Å². The number of nitrogen functional groups attached to an aromatic ring is 1. The molecule has 0 atom stereocenters. The van der Waals surface area contributed by atoms with Crippen LogP contribution in [0.3, 0.4) is 0 Å². The molecule has 0 saturated carbocycles. The van der Waals surface area contributed by atoms with Gasteiger partial charge in [0, 0.05) is 6.20 Å². The van der Waals surface area contributed by atoms with E-state index in [9.17, 15) is 9.18 Å². The second kappa shape index (κ2) is 4.44. The van der Waals surface area contributed by atoms with Crippen LogP contribution in [0.1, 0.15) is 0 Å². The number of hydrogen-bond acceptors (Lipinski definition) is 4. The van der Waals surface area contributed by atoms with Gasteiger partial charge in [0.1, 0.15) is 25.6 Å². The average Bonchev–Trinajstić information content (AvgIpc) is 2.48. The number of ether oxygens (including phenoxy) is 1. The largest absolute Gasteiger partial charge is 0.462 e. The van der Waals surface area contributed by atoms with Crippen LogP contribution in [0.15, 0.2) is 12.3 Å². The maximum Gasteiger partial charge on any atom is 0.327 e. The molecule has 13 heavy (non-hydrogen) atoms. The lowest BCUT2D eigenvalue weighted by atomic mass is 10.6. The summed E-state index contributed by atoms with van der Waals surface area (Å²) in [6.07, 6.45) is 1.55. The molecule has 72 valence electrons. The third-order valence-corrected chi connectivity index (χ3v) is 1.29. The van der Waals surface area contributed by atoms with Gasteiger partial charge in [0.15, 0.2) is 0 Å². The minimum atomic E-state index is -0.674. The van der Waals surface area contributed by atoms with Crippen molar-refractivity contribution in [1.82, 2.24) is 9.78 Å². The fraction of sp³-hybridized carbons (Fsp3) is 0.429. The van der Waals surface area contributed by atoms with Gasteiger partial charge in [-0.1, -0.05) is 0 Å². The molecule has 2 N–H and O–H groups in total. The molecule has 0 aliphatic heterocycles. The van der Waals surface area contributed by atoms with Crippen LogP contribution in [-0.4, -0.2) is 29.0 Å². The summed E-state index contributed by atoms with van der Waals surface area (Å²) in [6, 6.07) is 1.56. The molecule has 0 aliphatic carbocycles. The van der Waals surface area contributed by atoms with Crippen LogP contribution in [-0.2, 0) is 16.1 Å². The summed E-state index contributed by atoms with van der Waals surface area (Å²) < 4.78 is 17.4. The number of carbonyl (C=O) groups is 1. The second-order valence-electron chi connectivity index (χ2n) is 2.35. The van der Waals surface area contributed by atoms with Gasteiger partial charge in [-0.05, 0) is 6.07 Å². The summed E-state index contributed by atoms with van der Waals surface area (Å²) in [7, 11) is 0. The van der Waals surface area contributed by atoms with E-state index in [1.54, 1.807) is 12.3 Å². The van der Waals surface area contributed by atoms with Crippen LogP contribution in [0, 0.1) is 0 Å². The molecule has 0 aliphatic rings. The van der Waals surface area contributed by atoms with Crippen LogP contribution in [0.5, 0.6) is 0 Å². The highest BCUT2D eigenvalue weighted by Crippen LogP contribution is 1.95. The van der Waals surface area contributed by atoms with E-state index in [0.717, 1.165) is 0 Å². The number of halogens is 1. The van der Waals surface area contributed by atoms with Crippen molar-refractivity contribution < 1.29 is 13.9 Å². The maximum atomic E-state index is 11.6. The van der Waals surface area contributed by atoms with Gasteiger partial charge in [-0.2, -0.15) is 5.10 Å². The van der Waals surface area contributed by atoms with Gasteiger partial charge < -0.3 is 10.5 Å². The summed E-state index contributed by atoms with van der Waals surface area (Å²) in [5.74, 6) is -0.195. The van der Waals surface area contributed by atoms with Crippen molar-refractivity contribution in [2.75, 3.05) is 19.0 Å². The Morgan fingerprint density at radius 1 is 1.77 bits per heavy atom. The van der Waals surface area contributed by atoms with E-state index >= 15 is 0 Å². The van der Waals surface area contributed by atoms with Crippen LogP contribution >= 0.6 is 0 Å². The molecule has 0 saturated heterocycles. The highest BCUT2D eigenvalue weighted by atomic mass is 19.1. The fourth-order valence-corrected chi connectivity index (χ4v) is 0.796. The minimum Gasteiger partial charge on any atom is -0.462 e. The van der Waals surface area contributed by atoms with Crippen molar-refractivity contribution in [3.63, 3.8) is 0 Å². The number of hydrogen-bond donors (Lipinski definition) is 1. The molecule has 0 unspecified atom stereocenters. The van der Waals surface area contributed by atoms with Gasteiger partial charge in [0.25, 0.3) is 0 Å². The SMILES string of the molecule is Nc1ccn(CC(=O)OCCF)n1. The minimum absolute atomic E-state index is 0.0444. The predicted molar refractivity (Wildman–Crippen MR) is 43.6 cm³/mol. The van der Waals surface area contributed by atoms with E-state index in [0.29, 0.717) is 5.82 Å². The van der Waals surface area contributed by atoms with Crippen molar-refractivity contribution in [3.8, 4) is 0 Å². The molecule has 0 aromatic carbocycles. The summed E-state index contributed by atoms with van der Waals surface area (Å²) in [5.41, 5.74) is 5.31. The first-order valence-corrected chi connectivity index (χ1v) is 3.73. The number of esters is 1. The van der Waals surface area contributed by atoms with Gasteiger partial charge >= 0.3 is 5.97 Å². The fourth-order valence-electron chi connectivity index (χ4n) is 0.796. The van der Waals surface area contributed by atoms with Crippen molar-refractivity contribution in [2.24, 2.45) is 0 Å². The Morgan fingerprint density at radius 3 is 3.08 bits per heavy atom. The molecule has 1 rings (SSSR count). The lowest BCUT2D eigenvalue weighted by Crippen LogP contribution is -2.15. The van der Waals surface area contributed by atoms with E-state index in [2.05, 4.69) is 9.84 Å². The Labute approximate surface area is 74.3 Å². The number of rotatable bonds is 4. The highest BCUT2D eigenvalue weighted by molar-refractivity contribution is 5.69. The number of nitrogens with two attached hydrogens (primary N) is 1. The third-order valence-electron chi connectivity index (χ3n) is 1.29. The molecule has 0 amide bonds. The number of anilines is 1. The highest BCUT2D eigenvalue weighted by Gasteiger charge is 2.04. The molecular formula is C7H10FN3O2. The zero-order valence-electron chi connectivity index (χ0n) is 6.94. The molecule has 0 fully saturated rings. The van der Waals surface area contributed by atoms with Crippen LogP contribution in [0.25, 0.3) is 0 Å². The smallest absolute Gasteiger partial charge is 0.327 e. The Bertz CT molecular complexity index is 287. The Morgan fingerprint density at radius 2 is 2.54 bits per heavy atom.